The first-order valence-electron chi connectivity index (χ1n) is 6.28. The number of amides is 1. The van der Waals surface area contributed by atoms with Gasteiger partial charge in [-0.2, -0.15) is 0 Å². The Kier molecular flexibility index (Phi) is 8.46. The van der Waals surface area contributed by atoms with Gasteiger partial charge in [-0.3, -0.25) is 4.79 Å². The molecule has 0 saturated heterocycles. The SMILES string of the molecule is CNCCNC(=O)CC(C)S(=O)(=O)c1ccc(F)cc1.Cl. The maximum atomic E-state index is 12.8. The van der Waals surface area contributed by atoms with Gasteiger partial charge in [0.05, 0.1) is 10.1 Å². The molecule has 1 aromatic carbocycles. The topological polar surface area (TPSA) is 75.3 Å². The van der Waals surface area contributed by atoms with Crippen LogP contribution in [0.4, 0.5) is 4.39 Å². The number of hydrogen-bond acceptors (Lipinski definition) is 4. The second-order valence-electron chi connectivity index (χ2n) is 4.47. The third kappa shape index (κ3) is 5.99. The van der Waals surface area contributed by atoms with E-state index in [2.05, 4.69) is 10.6 Å². The van der Waals surface area contributed by atoms with Gasteiger partial charge in [-0.05, 0) is 38.2 Å². The maximum Gasteiger partial charge on any atom is 0.221 e. The fourth-order valence-corrected chi connectivity index (χ4v) is 2.98. The maximum absolute atomic E-state index is 12.8. The average molecular weight is 339 g/mol. The highest BCUT2D eigenvalue weighted by atomic mass is 35.5. The molecule has 1 amide bonds. The van der Waals surface area contributed by atoms with E-state index in [4.69, 9.17) is 0 Å². The molecule has 2 N–H and O–H groups in total. The van der Waals surface area contributed by atoms with E-state index in [0.717, 1.165) is 12.1 Å². The Hall–Kier alpha value is -1.18. The molecule has 120 valence electrons. The summed E-state index contributed by atoms with van der Waals surface area (Å²) in [5.41, 5.74) is 0. The van der Waals surface area contributed by atoms with Gasteiger partial charge in [-0.1, -0.05) is 0 Å². The van der Waals surface area contributed by atoms with Crippen LogP contribution in [0.15, 0.2) is 29.2 Å². The molecule has 0 radical (unpaired) electrons. The van der Waals surface area contributed by atoms with E-state index in [1.54, 1.807) is 7.05 Å². The van der Waals surface area contributed by atoms with Crippen LogP contribution in [0.2, 0.25) is 0 Å². The Labute approximate surface area is 130 Å². The first kappa shape index (κ1) is 19.8. The Morgan fingerprint density at radius 3 is 2.33 bits per heavy atom. The number of rotatable bonds is 7. The largest absolute Gasteiger partial charge is 0.355 e. The van der Waals surface area contributed by atoms with Crippen LogP contribution in [-0.2, 0) is 14.6 Å². The van der Waals surface area contributed by atoms with Gasteiger partial charge in [0.1, 0.15) is 5.82 Å². The highest BCUT2D eigenvalue weighted by Crippen LogP contribution is 2.18. The quantitative estimate of drug-likeness (QED) is 0.577. The molecule has 5 nitrogen and oxygen atoms in total. The monoisotopic (exact) mass is 338 g/mol. The fraction of sp³-hybridized carbons (Fsp3) is 0.462. The summed E-state index contributed by atoms with van der Waals surface area (Å²) in [5, 5.41) is 4.63. The molecule has 0 aromatic heterocycles. The Morgan fingerprint density at radius 1 is 1.24 bits per heavy atom. The first-order chi connectivity index (χ1) is 9.37. The summed E-state index contributed by atoms with van der Waals surface area (Å²) in [4.78, 5) is 11.6. The summed E-state index contributed by atoms with van der Waals surface area (Å²) >= 11 is 0. The lowest BCUT2D eigenvalue weighted by molar-refractivity contribution is -0.121. The minimum Gasteiger partial charge on any atom is -0.355 e. The minimum absolute atomic E-state index is 0. The van der Waals surface area contributed by atoms with Crippen molar-refractivity contribution >= 4 is 28.2 Å². The number of likely N-dealkylation sites (N-methyl/N-ethyl adjacent to an activating group) is 1. The van der Waals surface area contributed by atoms with Gasteiger partial charge in [0.25, 0.3) is 0 Å². The van der Waals surface area contributed by atoms with E-state index in [0.29, 0.717) is 13.1 Å². The standard InChI is InChI=1S/C13H19FN2O3S.ClH/c1-10(9-13(17)16-8-7-15-2)20(18,19)12-5-3-11(14)4-6-12;/h3-6,10,15H,7-9H2,1-2H3,(H,16,17);1H. The lowest BCUT2D eigenvalue weighted by Gasteiger charge is -2.13. The Bertz CT molecular complexity index is 549. The summed E-state index contributed by atoms with van der Waals surface area (Å²) in [6.07, 6.45) is -0.122. The van der Waals surface area contributed by atoms with Crippen LogP contribution in [-0.4, -0.2) is 39.7 Å². The zero-order chi connectivity index (χ0) is 15.2. The van der Waals surface area contributed by atoms with E-state index in [1.165, 1.54) is 19.1 Å². The summed E-state index contributed by atoms with van der Waals surface area (Å²) in [7, 11) is -1.87. The normalized spacial score (nSPS) is 12.3. The summed E-state index contributed by atoms with van der Waals surface area (Å²) in [6, 6.07) is 4.60. The van der Waals surface area contributed by atoms with Crippen LogP contribution >= 0.6 is 12.4 Å². The summed E-state index contributed by atoms with van der Waals surface area (Å²) in [5.74, 6) is -0.820. The minimum atomic E-state index is -3.62. The second kappa shape index (κ2) is 8.96. The zero-order valence-electron chi connectivity index (χ0n) is 11.9. The molecule has 0 fully saturated rings. The van der Waals surface area contributed by atoms with Crippen LogP contribution in [0.25, 0.3) is 0 Å². The number of nitrogens with one attached hydrogen (secondary N) is 2. The van der Waals surface area contributed by atoms with Crippen molar-refractivity contribution in [3.05, 3.63) is 30.1 Å². The fourth-order valence-electron chi connectivity index (χ4n) is 1.63. The molecule has 0 spiro atoms. The van der Waals surface area contributed by atoms with Crippen molar-refractivity contribution in [3.63, 3.8) is 0 Å². The van der Waals surface area contributed by atoms with Crippen LogP contribution < -0.4 is 10.6 Å². The molecule has 0 aliphatic carbocycles. The Balaban J connectivity index is 0.00000400. The Morgan fingerprint density at radius 2 is 1.81 bits per heavy atom. The summed E-state index contributed by atoms with van der Waals surface area (Å²) < 4.78 is 37.2. The zero-order valence-corrected chi connectivity index (χ0v) is 13.6. The van der Waals surface area contributed by atoms with Crippen LogP contribution in [0.1, 0.15) is 13.3 Å². The molecule has 8 heteroatoms. The number of benzene rings is 1. The van der Waals surface area contributed by atoms with Gasteiger partial charge in [0.15, 0.2) is 9.84 Å². The van der Waals surface area contributed by atoms with E-state index in [9.17, 15) is 17.6 Å². The van der Waals surface area contributed by atoms with Crippen LogP contribution in [0.3, 0.4) is 0 Å². The van der Waals surface area contributed by atoms with Gasteiger partial charge in [-0.25, -0.2) is 12.8 Å². The van der Waals surface area contributed by atoms with Crippen molar-refractivity contribution in [2.75, 3.05) is 20.1 Å². The predicted octanol–water partition coefficient (Wildman–Crippen LogP) is 1.14. The lowest BCUT2D eigenvalue weighted by Crippen LogP contribution is -2.33. The van der Waals surface area contributed by atoms with Crippen molar-refractivity contribution in [2.45, 2.75) is 23.5 Å². The predicted molar refractivity (Wildman–Crippen MR) is 81.8 cm³/mol. The van der Waals surface area contributed by atoms with Crippen molar-refractivity contribution in [2.24, 2.45) is 0 Å². The van der Waals surface area contributed by atoms with Crippen LogP contribution in [0, 0.1) is 5.82 Å². The molecular weight excluding hydrogens is 319 g/mol. The molecular formula is C13H20ClFN2O3S. The number of carbonyl (C=O) groups is 1. The van der Waals surface area contributed by atoms with Crippen LogP contribution in [0.5, 0.6) is 0 Å². The van der Waals surface area contributed by atoms with Gasteiger partial charge >= 0.3 is 0 Å². The molecule has 21 heavy (non-hydrogen) atoms. The van der Waals surface area contributed by atoms with Crippen molar-refractivity contribution in [1.82, 2.24) is 10.6 Å². The highest BCUT2D eigenvalue weighted by Gasteiger charge is 2.25. The van der Waals surface area contributed by atoms with Crippen molar-refractivity contribution < 1.29 is 17.6 Å². The number of carbonyl (C=O) groups excluding carboxylic acids is 1. The van der Waals surface area contributed by atoms with Gasteiger partial charge < -0.3 is 10.6 Å². The molecule has 0 heterocycles. The smallest absolute Gasteiger partial charge is 0.221 e. The third-order valence-corrected chi connectivity index (χ3v) is 5.00. The third-order valence-electron chi connectivity index (χ3n) is 2.84. The highest BCUT2D eigenvalue weighted by molar-refractivity contribution is 7.92. The molecule has 0 bridgehead atoms. The lowest BCUT2D eigenvalue weighted by atomic mass is 10.3. The summed E-state index contributed by atoms with van der Waals surface area (Å²) in [6.45, 7) is 2.53. The van der Waals surface area contributed by atoms with Crippen molar-refractivity contribution in [1.29, 1.82) is 0 Å². The average Bonchev–Trinajstić information content (AvgIpc) is 2.39. The first-order valence-corrected chi connectivity index (χ1v) is 7.83. The van der Waals surface area contributed by atoms with E-state index >= 15 is 0 Å². The van der Waals surface area contributed by atoms with E-state index < -0.39 is 20.9 Å². The van der Waals surface area contributed by atoms with E-state index in [1.807, 2.05) is 0 Å². The van der Waals surface area contributed by atoms with Gasteiger partial charge in [-0.15, -0.1) is 12.4 Å². The molecule has 1 aromatic rings. The molecule has 0 aliphatic rings. The molecule has 1 unspecified atom stereocenters. The molecule has 0 saturated carbocycles. The molecule has 1 atom stereocenters. The van der Waals surface area contributed by atoms with E-state index in [-0.39, 0.29) is 29.6 Å². The number of halogens is 2. The number of sulfone groups is 1. The number of hydrogen-bond donors (Lipinski definition) is 2. The molecule has 0 aliphatic heterocycles. The molecule has 1 rings (SSSR count). The van der Waals surface area contributed by atoms with Gasteiger partial charge in [0.2, 0.25) is 5.91 Å². The van der Waals surface area contributed by atoms with Crippen molar-refractivity contribution in [3.8, 4) is 0 Å². The van der Waals surface area contributed by atoms with Gasteiger partial charge in [0, 0.05) is 19.5 Å². The second-order valence-corrected chi connectivity index (χ2v) is 6.83.